The van der Waals surface area contributed by atoms with Crippen LogP contribution < -0.4 is 4.72 Å². The summed E-state index contributed by atoms with van der Waals surface area (Å²) < 4.78 is 52.5. The molecule has 0 radical (unpaired) electrons. The topological polar surface area (TPSA) is 104 Å². The number of sulfonamides is 1. The number of fused-ring (bicyclic) bond motifs is 1. The molecule has 3 aromatic rings. The first-order valence-electron chi connectivity index (χ1n) is 8.16. The van der Waals surface area contributed by atoms with Gasteiger partial charge in [0, 0.05) is 11.5 Å². The lowest BCUT2D eigenvalue weighted by Crippen LogP contribution is -2.14. The second-order valence-electron chi connectivity index (χ2n) is 6.07. The van der Waals surface area contributed by atoms with Gasteiger partial charge in [-0.3, -0.25) is 4.72 Å². The molecule has 0 saturated carbocycles. The molecule has 6 nitrogen and oxygen atoms in total. The average molecular weight is 412 g/mol. The number of hydrogen-bond donors (Lipinski definition) is 1. The molecule has 8 heteroatoms. The van der Waals surface area contributed by atoms with Crippen LogP contribution in [0.3, 0.4) is 0 Å². The summed E-state index contributed by atoms with van der Waals surface area (Å²) in [6, 6.07) is 17.9. The van der Waals surface area contributed by atoms with Gasteiger partial charge >= 0.3 is 0 Å². The fraction of sp³-hybridized carbons (Fsp3) is 0.0500. The maximum Gasteiger partial charge on any atom is 0.261 e. The standard InChI is InChI=1S/C20H16N2O4S2/c1-15-7-9-18(27(23,24)12-4-11-21)14-20(15)22-28(25,26)19-10-8-16-5-2-3-6-17(16)13-19/h2-10,12-14,22H,1H3/b12-4+. The Balaban J connectivity index is 2.01. The Morgan fingerprint density at radius 2 is 1.57 bits per heavy atom. The quantitative estimate of drug-likeness (QED) is 0.643. The summed E-state index contributed by atoms with van der Waals surface area (Å²) in [7, 11) is -7.77. The number of rotatable bonds is 5. The summed E-state index contributed by atoms with van der Waals surface area (Å²) in [5.74, 6) is 0. The highest BCUT2D eigenvalue weighted by Crippen LogP contribution is 2.26. The molecule has 0 spiro atoms. The minimum atomic E-state index is -3.92. The molecule has 142 valence electrons. The van der Waals surface area contributed by atoms with Crippen LogP contribution in [0.5, 0.6) is 0 Å². The van der Waals surface area contributed by atoms with Gasteiger partial charge in [0.2, 0.25) is 9.84 Å². The maximum atomic E-state index is 12.8. The van der Waals surface area contributed by atoms with Crippen molar-refractivity contribution in [1.82, 2.24) is 0 Å². The van der Waals surface area contributed by atoms with E-state index in [0.717, 1.165) is 22.3 Å². The Morgan fingerprint density at radius 3 is 2.29 bits per heavy atom. The molecule has 0 aromatic heterocycles. The van der Waals surface area contributed by atoms with Gasteiger partial charge in [0.25, 0.3) is 10.0 Å². The van der Waals surface area contributed by atoms with Crippen LogP contribution in [0.1, 0.15) is 5.56 Å². The lowest BCUT2D eigenvalue weighted by atomic mass is 10.1. The highest BCUT2D eigenvalue weighted by atomic mass is 32.2. The van der Waals surface area contributed by atoms with E-state index in [-0.39, 0.29) is 15.5 Å². The third-order valence-corrected chi connectivity index (χ3v) is 6.90. The number of anilines is 1. The van der Waals surface area contributed by atoms with Crippen molar-refractivity contribution < 1.29 is 16.8 Å². The molecule has 0 aliphatic carbocycles. The van der Waals surface area contributed by atoms with Crippen LogP contribution in [-0.4, -0.2) is 16.8 Å². The molecule has 0 saturated heterocycles. The van der Waals surface area contributed by atoms with Crippen LogP contribution in [-0.2, 0) is 19.9 Å². The van der Waals surface area contributed by atoms with Crippen molar-refractivity contribution in [1.29, 1.82) is 5.26 Å². The number of benzene rings is 3. The van der Waals surface area contributed by atoms with Gasteiger partial charge in [-0.05, 0) is 47.5 Å². The minimum absolute atomic E-state index is 0.0724. The summed E-state index contributed by atoms with van der Waals surface area (Å²) in [4.78, 5) is -0.0379. The average Bonchev–Trinajstić information content (AvgIpc) is 2.67. The monoisotopic (exact) mass is 412 g/mol. The number of sulfone groups is 1. The minimum Gasteiger partial charge on any atom is -0.279 e. The van der Waals surface area contributed by atoms with Crippen molar-refractivity contribution in [3.05, 3.63) is 77.7 Å². The van der Waals surface area contributed by atoms with Crippen LogP contribution in [0.2, 0.25) is 0 Å². The van der Waals surface area contributed by atoms with E-state index in [0.29, 0.717) is 5.56 Å². The normalized spacial score (nSPS) is 12.1. The Morgan fingerprint density at radius 1 is 0.893 bits per heavy atom. The van der Waals surface area contributed by atoms with Crippen LogP contribution in [0, 0.1) is 18.3 Å². The first kappa shape index (κ1) is 19.6. The predicted octanol–water partition coefficient (Wildman–Crippen LogP) is 3.76. The number of nitrogens with one attached hydrogen (secondary N) is 1. The van der Waals surface area contributed by atoms with Gasteiger partial charge in [0.05, 0.1) is 21.5 Å². The Labute approximate surface area is 163 Å². The van der Waals surface area contributed by atoms with Crippen molar-refractivity contribution in [2.75, 3.05) is 4.72 Å². The molecule has 0 unspecified atom stereocenters. The van der Waals surface area contributed by atoms with Gasteiger partial charge in [0.1, 0.15) is 0 Å². The highest BCUT2D eigenvalue weighted by Gasteiger charge is 2.18. The van der Waals surface area contributed by atoms with E-state index in [1.165, 1.54) is 24.3 Å². The molecule has 3 rings (SSSR count). The number of nitrogens with zero attached hydrogens (tertiary/aromatic N) is 1. The van der Waals surface area contributed by atoms with Crippen molar-refractivity contribution in [3.63, 3.8) is 0 Å². The predicted molar refractivity (Wildman–Crippen MR) is 108 cm³/mol. The molecular weight excluding hydrogens is 396 g/mol. The molecule has 0 bridgehead atoms. The largest absolute Gasteiger partial charge is 0.279 e. The van der Waals surface area contributed by atoms with Crippen LogP contribution in [0.25, 0.3) is 10.8 Å². The summed E-state index contributed by atoms with van der Waals surface area (Å²) in [6.45, 7) is 1.67. The molecule has 28 heavy (non-hydrogen) atoms. The van der Waals surface area contributed by atoms with Gasteiger partial charge < -0.3 is 0 Å². The Hall–Kier alpha value is -3.15. The van der Waals surface area contributed by atoms with Crippen LogP contribution in [0.15, 0.2) is 81.9 Å². The van der Waals surface area contributed by atoms with Gasteiger partial charge in [-0.1, -0.05) is 36.4 Å². The van der Waals surface area contributed by atoms with Crippen molar-refractivity contribution >= 4 is 36.3 Å². The van der Waals surface area contributed by atoms with E-state index >= 15 is 0 Å². The van der Waals surface area contributed by atoms with E-state index in [2.05, 4.69) is 4.72 Å². The molecule has 0 atom stereocenters. The van der Waals surface area contributed by atoms with E-state index in [4.69, 9.17) is 5.26 Å². The fourth-order valence-corrected chi connectivity index (χ4v) is 4.72. The summed E-state index contributed by atoms with van der Waals surface area (Å²) in [5, 5.41) is 11.0. The Bertz CT molecular complexity index is 1340. The second-order valence-corrected chi connectivity index (χ2v) is 9.58. The van der Waals surface area contributed by atoms with Crippen molar-refractivity contribution in [2.45, 2.75) is 16.7 Å². The van der Waals surface area contributed by atoms with E-state index in [9.17, 15) is 16.8 Å². The lowest BCUT2D eigenvalue weighted by molar-refractivity contribution is 0.600. The van der Waals surface area contributed by atoms with Crippen molar-refractivity contribution in [3.8, 4) is 6.07 Å². The molecule has 0 aliphatic heterocycles. The van der Waals surface area contributed by atoms with Crippen LogP contribution >= 0.6 is 0 Å². The van der Waals surface area contributed by atoms with E-state index in [1.54, 1.807) is 25.1 Å². The van der Waals surface area contributed by atoms with Gasteiger partial charge in [-0.25, -0.2) is 16.8 Å². The highest BCUT2D eigenvalue weighted by molar-refractivity contribution is 7.94. The Kier molecular flexibility index (Phi) is 5.23. The first-order chi connectivity index (χ1) is 13.2. The molecule has 3 aromatic carbocycles. The zero-order chi connectivity index (χ0) is 20.4. The van der Waals surface area contributed by atoms with Crippen molar-refractivity contribution in [2.24, 2.45) is 0 Å². The number of aryl methyl sites for hydroxylation is 1. The van der Waals surface area contributed by atoms with E-state index < -0.39 is 19.9 Å². The smallest absolute Gasteiger partial charge is 0.261 e. The number of nitriles is 1. The molecular formula is C20H16N2O4S2. The molecule has 0 amide bonds. The molecule has 0 fully saturated rings. The number of allylic oxidation sites excluding steroid dienone is 1. The molecule has 0 aliphatic rings. The summed E-state index contributed by atoms with van der Waals surface area (Å²) in [5.41, 5.74) is 0.715. The number of hydrogen-bond acceptors (Lipinski definition) is 5. The van der Waals surface area contributed by atoms with E-state index in [1.807, 2.05) is 24.3 Å². The lowest BCUT2D eigenvalue weighted by Gasteiger charge is -2.12. The third kappa shape index (κ3) is 4.06. The second kappa shape index (κ2) is 7.46. The fourth-order valence-electron chi connectivity index (χ4n) is 2.62. The zero-order valence-corrected chi connectivity index (χ0v) is 16.5. The summed E-state index contributed by atoms with van der Waals surface area (Å²) >= 11 is 0. The third-order valence-electron chi connectivity index (χ3n) is 4.13. The molecule has 0 heterocycles. The summed E-state index contributed by atoms with van der Waals surface area (Å²) in [6.07, 6.45) is 0.855. The first-order valence-corrected chi connectivity index (χ1v) is 11.2. The van der Waals surface area contributed by atoms with Gasteiger partial charge in [0.15, 0.2) is 0 Å². The van der Waals surface area contributed by atoms with Gasteiger partial charge in [-0.15, -0.1) is 0 Å². The molecule has 1 N–H and O–H groups in total. The van der Waals surface area contributed by atoms with Gasteiger partial charge in [-0.2, -0.15) is 5.26 Å². The SMILES string of the molecule is Cc1ccc(S(=O)(=O)/C=C/C#N)cc1NS(=O)(=O)c1ccc2ccccc2c1. The maximum absolute atomic E-state index is 12.8. The van der Waals surface area contributed by atoms with Crippen LogP contribution in [0.4, 0.5) is 5.69 Å². The zero-order valence-electron chi connectivity index (χ0n) is 14.8.